The lowest BCUT2D eigenvalue weighted by molar-refractivity contribution is -0.143. The Hall–Kier alpha value is -3.22. The number of rotatable bonds is 12. The van der Waals surface area contributed by atoms with Crippen LogP contribution in [0.5, 0.6) is 5.75 Å². The van der Waals surface area contributed by atoms with Crippen LogP contribution in [-0.2, 0) is 20.7 Å². The van der Waals surface area contributed by atoms with Crippen LogP contribution >= 0.6 is 0 Å². The molecule has 0 unspecified atom stereocenters. The van der Waals surface area contributed by atoms with Crippen molar-refractivity contribution in [3.8, 4) is 5.75 Å². The van der Waals surface area contributed by atoms with Crippen LogP contribution in [0.15, 0.2) is 30.5 Å². The van der Waals surface area contributed by atoms with Crippen molar-refractivity contribution in [2.24, 2.45) is 11.8 Å². The highest BCUT2D eigenvalue weighted by molar-refractivity contribution is 6.09. The predicted octanol–water partition coefficient (Wildman–Crippen LogP) is 4.92. The largest absolute Gasteiger partial charge is 0.466 e. The van der Waals surface area contributed by atoms with Crippen molar-refractivity contribution in [1.82, 2.24) is 4.98 Å². The van der Waals surface area contributed by atoms with Crippen molar-refractivity contribution in [3.05, 3.63) is 52.8 Å². The number of hydrogen-bond donors (Lipinski definition) is 1. The summed E-state index contributed by atoms with van der Waals surface area (Å²) in [5.41, 5.74) is 1.69. The summed E-state index contributed by atoms with van der Waals surface area (Å²) in [5.74, 6) is -0.383. The van der Waals surface area contributed by atoms with E-state index in [2.05, 4.69) is 4.98 Å². The van der Waals surface area contributed by atoms with Crippen LogP contribution in [0.4, 0.5) is 0 Å². The molecule has 0 amide bonds. The number of nitrogens with one attached hydrogen (secondary N) is 1. The Morgan fingerprint density at radius 2 is 1.61 bits per heavy atom. The predicted molar refractivity (Wildman–Crippen MR) is 124 cm³/mol. The van der Waals surface area contributed by atoms with Gasteiger partial charge >= 0.3 is 11.9 Å². The number of aromatic amines is 1. The van der Waals surface area contributed by atoms with E-state index in [1.165, 1.54) is 0 Å². The minimum Gasteiger partial charge on any atom is -0.466 e. The number of ketones is 2. The first-order chi connectivity index (χ1) is 15.6. The summed E-state index contributed by atoms with van der Waals surface area (Å²) < 4.78 is 10.5. The maximum Gasteiger partial charge on any atom is 0.311 e. The fraction of sp³-hybridized carbons (Fsp3) is 0.462. The van der Waals surface area contributed by atoms with Crippen LogP contribution in [0.1, 0.15) is 85.9 Å². The smallest absolute Gasteiger partial charge is 0.311 e. The van der Waals surface area contributed by atoms with Gasteiger partial charge in [0.05, 0.1) is 12.3 Å². The topological polar surface area (TPSA) is 103 Å². The number of carbonyl (C=O) groups is 4. The third-order valence-corrected chi connectivity index (χ3v) is 4.87. The van der Waals surface area contributed by atoms with E-state index in [-0.39, 0.29) is 61.2 Å². The van der Waals surface area contributed by atoms with Crippen LogP contribution < -0.4 is 4.74 Å². The SMILES string of the molecule is CCOC(=O)CCc1cc(C(=O)c2cc(C(=O)CC(C)C)c[nH]2)ccc1OC(=O)CC(C)C. The standard InChI is InChI=1S/C26H33NO6/c1-6-32-24(29)10-8-18-13-19(7-9-23(18)33-25(30)12-17(4)5)26(31)21-14-20(15-27-21)22(28)11-16(2)3/h7,9,13-17,27H,6,8,10-12H2,1-5H3. The van der Waals surface area contributed by atoms with Crippen molar-refractivity contribution in [3.63, 3.8) is 0 Å². The van der Waals surface area contributed by atoms with Gasteiger partial charge in [-0.2, -0.15) is 0 Å². The van der Waals surface area contributed by atoms with Crippen LogP contribution in [-0.4, -0.2) is 35.1 Å². The Morgan fingerprint density at radius 3 is 2.24 bits per heavy atom. The number of H-pyrrole nitrogens is 1. The summed E-state index contributed by atoms with van der Waals surface area (Å²) in [5, 5.41) is 0. The Bertz CT molecular complexity index is 1000. The number of aryl methyl sites for hydroxylation is 1. The zero-order valence-electron chi connectivity index (χ0n) is 20.0. The molecule has 0 bridgehead atoms. The van der Waals surface area contributed by atoms with Gasteiger partial charge in [0, 0.05) is 36.6 Å². The molecule has 0 spiro atoms. The molecule has 1 aromatic heterocycles. The summed E-state index contributed by atoms with van der Waals surface area (Å²) >= 11 is 0. The van der Waals surface area contributed by atoms with E-state index in [1.54, 1.807) is 37.4 Å². The first-order valence-electron chi connectivity index (χ1n) is 11.4. The lowest BCUT2D eigenvalue weighted by atomic mass is 10.00. The molecule has 0 fully saturated rings. The molecule has 0 saturated carbocycles. The number of hydrogen-bond acceptors (Lipinski definition) is 6. The van der Waals surface area contributed by atoms with E-state index < -0.39 is 0 Å². The summed E-state index contributed by atoms with van der Waals surface area (Å²) in [6, 6.07) is 6.32. The zero-order chi connectivity index (χ0) is 24.5. The molecule has 1 N–H and O–H groups in total. The average Bonchev–Trinajstić information content (AvgIpc) is 3.22. The summed E-state index contributed by atoms with van der Waals surface area (Å²) in [7, 11) is 0. The first-order valence-corrected chi connectivity index (χ1v) is 11.4. The minimum atomic E-state index is -0.376. The molecule has 33 heavy (non-hydrogen) atoms. The molecule has 2 aromatic rings. The van der Waals surface area contributed by atoms with E-state index >= 15 is 0 Å². The molecule has 0 atom stereocenters. The van der Waals surface area contributed by atoms with E-state index in [1.807, 2.05) is 27.7 Å². The van der Waals surface area contributed by atoms with Crippen molar-refractivity contribution < 1.29 is 28.7 Å². The number of ether oxygens (including phenoxy) is 2. The molecule has 1 heterocycles. The Morgan fingerprint density at radius 1 is 0.909 bits per heavy atom. The lowest BCUT2D eigenvalue weighted by Crippen LogP contribution is -2.13. The fourth-order valence-corrected chi connectivity index (χ4v) is 3.31. The average molecular weight is 456 g/mol. The zero-order valence-corrected chi connectivity index (χ0v) is 20.0. The number of carbonyl (C=O) groups excluding carboxylic acids is 4. The second kappa shape index (κ2) is 12.1. The fourth-order valence-electron chi connectivity index (χ4n) is 3.31. The third-order valence-electron chi connectivity index (χ3n) is 4.87. The highest BCUT2D eigenvalue weighted by Gasteiger charge is 2.19. The molecule has 7 heteroatoms. The van der Waals surface area contributed by atoms with Gasteiger partial charge in [0.1, 0.15) is 5.75 Å². The van der Waals surface area contributed by atoms with Gasteiger partial charge in [-0.25, -0.2) is 0 Å². The molecule has 178 valence electrons. The monoisotopic (exact) mass is 455 g/mol. The number of esters is 2. The summed E-state index contributed by atoms with van der Waals surface area (Å²) in [6.45, 7) is 9.77. The first kappa shape index (κ1) is 26.0. The van der Waals surface area contributed by atoms with Crippen LogP contribution in [0.25, 0.3) is 0 Å². The second-order valence-electron chi connectivity index (χ2n) is 8.85. The molecule has 0 saturated heterocycles. The summed E-state index contributed by atoms with van der Waals surface area (Å²) in [6.07, 6.45) is 2.55. The van der Waals surface area contributed by atoms with Crippen LogP contribution in [0.2, 0.25) is 0 Å². The van der Waals surface area contributed by atoms with Gasteiger partial charge in [0.15, 0.2) is 5.78 Å². The maximum atomic E-state index is 13.0. The highest BCUT2D eigenvalue weighted by Crippen LogP contribution is 2.25. The third kappa shape index (κ3) is 8.00. The maximum absolute atomic E-state index is 13.0. The van der Waals surface area contributed by atoms with E-state index in [4.69, 9.17) is 9.47 Å². The molecule has 1 aromatic carbocycles. The molecular weight excluding hydrogens is 422 g/mol. The molecule has 0 radical (unpaired) electrons. The Kier molecular flexibility index (Phi) is 9.57. The minimum absolute atomic E-state index is 0.0251. The molecule has 7 nitrogen and oxygen atoms in total. The molecule has 0 aliphatic carbocycles. The highest BCUT2D eigenvalue weighted by atomic mass is 16.5. The van der Waals surface area contributed by atoms with Gasteiger partial charge in [-0.15, -0.1) is 0 Å². The van der Waals surface area contributed by atoms with Crippen molar-refractivity contribution in [2.45, 2.75) is 60.3 Å². The van der Waals surface area contributed by atoms with Crippen LogP contribution in [0, 0.1) is 11.8 Å². The quantitative estimate of drug-likeness (QED) is 0.277. The van der Waals surface area contributed by atoms with Gasteiger partial charge < -0.3 is 14.5 Å². The van der Waals surface area contributed by atoms with E-state index in [9.17, 15) is 19.2 Å². The molecular formula is C26H33NO6. The molecule has 2 rings (SSSR count). The molecule has 0 aliphatic rings. The Balaban J connectivity index is 2.27. The van der Waals surface area contributed by atoms with E-state index in [0.29, 0.717) is 34.6 Å². The summed E-state index contributed by atoms with van der Waals surface area (Å²) in [4.78, 5) is 52.2. The number of benzene rings is 1. The van der Waals surface area contributed by atoms with Gasteiger partial charge in [-0.1, -0.05) is 27.7 Å². The molecule has 0 aliphatic heterocycles. The number of Topliss-reactive ketones (excluding diaryl/α,β-unsaturated/α-hetero) is 1. The van der Waals surface area contributed by atoms with Gasteiger partial charge in [0.25, 0.3) is 0 Å². The number of aromatic nitrogens is 1. The Labute approximate surface area is 194 Å². The van der Waals surface area contributed by atoms with Gasteiger partial charge in [0.2, 0.25) is 5.78 Å². The van der Waals surface area contributed by atoms with Crippen LogP contribution in [0.3, 0.4) is 0 Å². The van der Waals surface area contributed by atoms with E-state index in [0.717, 1.165) is 0 Å². The van der Waals surface area contributed by atoms with Gasteiger partial charge in [-0.3, -0.25) is 19.2 Å². The van der Waals surface area contributed by atoms with Gasteiger partial charge in [-0.05, 0) is 55.0 Å². The van der Waals surface area contributed by atoms with Crippen molar-refractivity contribution in [2.75, 3.05) is 6.61 Å². The van der Waals surface area contributed by atoms with Crippen molar-refractivity contribution in [1.29, 1.82) is 0 Å². The lowest BCUT2D eigenvalue weighted by Gasteiger charge is -2.12. The second-order valence-corrected chi connectivity index (χ2v) is 8.85. The van der Waals surface area contributed by atoms with Crippen molar-refractivity contribution >= 4 is 23.5 Å². The normalized spacial score (nSPS) is 11.0.